The van der Waals surface area contributed by atoms with E-state index < -0.39 is 0 Å². The number of carbonyl (C=O) groups is 1. The number of rotatable bonds is 2. The van der Waals surface area contributed by atoms with E-state index in [-0.39, 0.29) is 11.9 Å². The second-order valence-corrected chi connectivity index (χ2v) is 2.60. The zero-order valence-corrected chi connectivity index (χ0v) is 6.96. The molecular weight excluding hydrogens is 144 g/mol. The molecule has 0 aliphatic carbocycles. The number of nitrogens with one attached hydrogen (secondary N) is 1. The predicted octanol–water partition coefficient (Wildman–Crippen LogP) is -0.242. The van der Waals surface area contributed by atoms with Crippen molar-refractivity contribution in [2.45, 2.75) is 18.9 Å². The zero-order chi connectivity index (χ0) is 8.27. The Morgan fingerprint density at radius 1 is 1.73 bits per heavy atom. The van der Waals surface area contributed by atoms with Crippen LogP contribution >= 0.6 is 0 Å². The van der Waals surface area contributed by atoms with Crippen molar-refractivity contribution in [1.29, 1.82) is 0 Å². The van der Waals surface area contributed by atoms with E-state index in [0.29, 0.717) is 0 Å². The summed E-state index contributed by atoms with van der Waals surface area (Å²) < 4.78 is 0. The quantitative estimate of drug-likeness (QED) is 0.603. The van der Waals surface area contributed by atoms with Crippen LogP contribution in [0.3, 0.4) is 0 Å². The van der Waals surface area contributed by atoms with Crippen LogP contribution in [0.2, 0.25) is 0 Å². The van der Waals surface area contributed by atoms with Crippen molar-refractivity contribution in [3.05, 3.63) is 0 Å². The molecule has 1 heterocycles. The molecule has 0 radical (unpaired) electrons. The molecule has 64 valence electrons. The van der Waals surface area contributed by atoms with Gasteiger partial charge in [-0.3, -0.25) is 4.79 Å². The van der Waals surface area contributed by atoms with Crippen molar-refractivity contribution < 1.29 is 9.63 Å². The van der Waals surface area contributed by atoms with Gasteiger partial charge in [-0.25, -0.2) is 0 Å². The number of hydroxylamine groups is 2. The molecule has 1 fully saturated rings. The molecule has 1 aliphatic rings. The SMILES string of the molecule is CNC(=O)[C@@H]1CCCN1OC. The third-order valence-electron chi connectivity index (χ3n) is 1.99. The number of hydrogen-bond donors (Lipinski definition) is 1. The third kappa shape index (κ3) is 1.70. The molecular formula is C7H14N2O2. The zero-order valence-electron chi connectivity index (χ0n) is 6.96. The molecule has 11 heavy (non-hydrogen) atoms. The molecule has 1 N–H and O–H groups in total. The number of hydrogen-bond acceptors (Lipinski definition) is 3. The van der Waals surface area contributed by atoms with Crippen LogP contribution in [0.15, 0.2) is 0 Å². The highest BCUT2D eigenvalue weighted by molar-refractivity contribution is 5.81. The summed E-state index contributed by atoms with van der Waals surface area (Å²) in [6.45, 7) is 0.856. The summed E-state index contributed by atoms with van der Waals surface area (Å²) in [7, 11) is 3.25. The lowest BCUT2D eigenvalue weighted by Crippen LogP contribution is -2.41. The van der Waals surface area contributed by atoms with Crippen molar-refractivity contribution in [2.75, 3.05) is 20.7 Å². The monoisotopic (exact) mass is 158 g/mol. The van der Waals surface area contributed by atoms with Gasteiger partial charge >= 0.3 is 0 Å². The number of amides is 1. The molecule has 0 bridgehead atoms. The van der Waals surface area contributed by atoms with Crippen LogP contribution in [0.4, 0.5) is 0 Å². The second-order valence-electron chi connectivity index (χ2n) is 2.60. The molecule has 4 nitrogen and oxygen atoms in total. The topological polar surface area (TPSA) is 41.6 Å². The molecule has 1 saturated heterocycles. The molecule has 0 aromatic heterocycles. The predicted molar refractivity (Wildman–Crippen MR) is 40.8 cm³/mol. The fourth-order valence-corrected chi connectivity index (χ4v) is 1.39. The number of carbonyl (C=O) groups excluding carboxylic acids is 1. The number of nitrogens with zero attached hydrogens (tertiary/aromatic N) is 1. The van der Waals surface area contributed by atoms with E-state index in [1.54, 1.807) is 19.2 Å². The smallest absolute Gasteiger partial charge is 0.239 e. The maximum atomic E-state index is 11.2. The first-order chi connectivity index (χ1) is 5.29. The van der Waals surface area contributed by atoms with E-state index in [1.807, 2.05) is 0 Å². The van der Waals surface area contributed by atoms with Crippen molar-refractivity contribution in [1.82, 2.24) is 10.4 Å². The van der Waals surface area contributed by atoms with Crippen LogP contribution in [-0.2, 0) is 9.63 Å². The summed E-state index contributed by atoms with van der Waals surface area (Å²) in [6, 6.07) is -0.0787. The Bertz CT molecular complexity index is 149. The van der Waals surface area contributed by atoms with Crippen LogP contribution < -0.4 is 5.32 Å². The minimum atomic E-state index is -0.0787. The molecule has 0 aromatic carbocycles. The molecule has 1 atom stereocenters. The molecule has 4 heteroatoms. The number of likely N-dealkylation sites (N-methyl/N-ethyl adjacent to an activating group) is 1. The van der Waals surface area contributed by atoms with Crippen LogP contribution in [0.1, 0.15) is 12.8 Å². The van der Waals surface area contributed by atoms with Gasteiger partial charge in [-0.1, -0.05) is 0 Å². The van der Waals surface area contributed by atoms with Gasteiger partial charge in [-0.15, -0.1) is 0 Å². The lowest BCUT2D eigenvalue weighted by atomic mass is 10.2. The third-order valence-corrected chi connectivity index (χ3v) is 1.99. The van der Waals surface area contributed by atoms with Crippen LogP contribution in [0, 0.1) is 0 Å². The fourth-order valence-electron chi connectivity index (χ4n) is 1.39. The second kappa shape index (κ2) is 3.69. The van der Waals surface area contributed by atoms with E-state index in [0.717, 1.165) is 19.4 Å². The van der Waals surface area contributed by atoms with Gasteiger partial charge in [0.25, 0.3) is 0 Å². The van der Waals surface area contributed by atoms with Gasteiger partial charge in [0.15, 0.2) is 0 Å². The van der Waals surface area contributed by atoms with Crippen LogP contribution in [-0.4, -0.2) is 37.7 Å². The van der Waals surface area contributed by atoms with Gasteiger partial charge < -0.3 is 10.2 Å². The van der Waals surface area contributed by atoms with E-state index in [1.165, 1.54) is 0 Å². The Hall–Kier alpha value is -0.610. The van der Waals surface area contributed by atoms with Crippen molar-refractivity contribution in [2.24, 2.45) is 0 Å². The maximum Gasteiger partial charge on any atom is 0.239 e. The van der Waals surface area contributed by atoms with Crippen molar-refractivity contribution in [3.63, 3.8) is 0 Å². The summed E-state index contributed by atoms with van der Waals surface area (Å²) in [5, 5.41) is 4.33. The first kappa shape index (κ1) is 8.49. The summed E-state index contributed by atoms with van der Waals surface area (Å²) in [5.41, 5.74) is 0. The summed E-state index contributed by atoms with van der Waals surface area (Å²) in [4.78, 5) is 16.2. The Morgan fingerprint density at radius 3 is 3.00 bits per heavy atom. The molecule has 0 saturated carbocycles. The maximum absolute atomic E-state index is 11.2. The van der Waals surface area contributed by atoms with Gasteiger partial charge in [0.1, 0.15) is 6.04 Å². The van der Waals surface area contributed by atoms with E-state index in [9.17, 15) is 4.79 Å². The fraction of sp³-hybridized carbons (Fsp3) is 0.857. The van der Waals surface area contributed by atoms with Gasteiger partial charge in [0.2, 0.25) is 5.91 Å². The Labute approximate surface area is 66.5 Å². The van der Waals surface area contributed by atoms with Gasteiger partial charge in [0, 0.05) is 13.6 Å². The van der Waals surface area contributed by atoms with E-state index >= 15 is 0 Å². The lowest BCUT2D eigenvalue weighted by Gasteiger charge is -2.19. The highest BCUT2D eigenvalue weighted by Gasteiger charge is 2.29. The van der Waals surface area contributed by atoms with E-state index in [2.05, 4.69) is 5.32 Å². The lowest BCUT2D eigenvalue weighted by molar-refractivity contribution is -0.159. The van der Waals surface area contributed by atoms with Gasteiger partial charge in [0.05, 0.1) is 7.11 Å². The van der Waals surface area contributed by atoms with Crippen molar-refractivity contribution in [3.8, 4) is 0 Å². The first-order valence-corrected chi connectivity index (χ1v) is 3.82. The van der Waals surface area contributed by atoms with Gasteiger partial charge in [-0.2, -0.15) is 5.06 Å². The Balaban J connectivity index is 2.49. The van der Waals surface area contributed by atoms with E-state index in [4.69, 9.17) is 4.84 Å². The first-order valence-electron chi connectivity index (χ1n) is 3.82. The summed E-state index contributed by atoms with van der Waals surface area (Å²) in [6.07, 6.45) is 1.93. The highest BCUT2D eigenvalue weighted by atomic mass is 16.7. The summed E-state index contributed by atoms with van der Waals surface area (Å²) >= 11 is 0. The Morgan fingerprint density at radius 2 is 2.45 bits per heavy atom. The molecule has 0 aromatic rings. The average Bonchev–Trinajstić information content (AvgIpc) is 2.50. The average molecular weight is 158 g/mol. The highest BCUT2D eigenvalue weighted by Crippen LogP contribution is 2.16. The van der Waals surface area contributed by atoms with Gasteiger partial charge in [-0.05, 0) is 12.8 Å². The molecule has 0 unspecified atom stereocenters. The summed E-state index contributed by atoms with van der Waals surface area (Å²) in [5.74, 6) is 0.0457. The standard InChI is InChI=1S/C7H14N2O2/c1-8-7(10)6-4-3-5-9(6)11-2/h6H,3-5H2,1-2H3,(H,8,10)/t6-/m0/s1. The minimum absolute atomic E-state index is 0.0457. The molecule has 1 aliphatic heterocycles. The molecule has 1 amide bonds. The Kier molecular flexibility index (Phi) is 2.84. The normalized spacial score (nSPS) is 25.5. The molecule has 0 spiro atoms. The largest absolute Gasteiger partial charge is 0.358 e. The minimum Gasteiger partial charge on any atom is -0.358 e. The molecule has 1 rings (SSSR count). The van der Waals surface area contributed by atoms with Crippen LogP contribution in [0.5, 0.6) is 0 Å². The van der Waals surface area contributed by atoms with Crippen LogP contribution in [0.25, 0.3) is 0 Å². The van der Waals surface area contributed by atoms with Crippen molar-refractivity contribution >= 4 is 5.91 Å².